The van der Waals surface area contributed by atoms with Crippen molar-refractivity contribution in [2.45, 2.75) is 166 Å². The van der Waals surface area contributed by atoms with Gasteiger partial charge in [0.1, 0.15) is 47.8 Å². The van der Waals surface area contributed by atoms with Crippen LogP contribution in [0.25, 0.3) is 0 Å². The Balaban J connectivity index is 1.08. The summed E-state index contributed by atoms with van der Waals surface area (Å²) in [5, 5.41) is 64.2. The predicted octanol–water partition coefficient (Wildman–Crippen LogP) is 2.65. The minimum Gasteiger partial charge on any atom is -0.455 e. The summed E-state index contributed by atoms with van der Waals surface area (Å²) in [6.45, 7) is 14.8. The van der Waals surface area contributed by atoms with Gasteiger partial charge in [-0.3, -0.25) is 4.79 Å². The molecule has 4 heterocycles. The minimum atomic E-state index is -1.47. The van der Waals surface area contributed by atoms with Crippen LogP contribution in [-0.4, -0.2) is 116 Å². The topological polar surface area (TPSA) is 185 Å². The molecule has 292 valence electrons. The number of esters is 1. The van der Waals surface area contributed by atoms with E-state index >= 15 is 0 Å². The Bertz CT molecular complexity index is 1540. The highest BCUT2D eigenvalue weighted by molar-refractivity contribution is 5.86. The molecule has 0 amide bonds. The lowest BCUT2D eigenvalue weighted by Crippen LogP contribution is -2.71. The molecule has 6 N–H and O–H groups in total. The van der Waals surface area contributed by atoms with Crippen molar-refractivity contribution in [3.05, 3.63) is 23.3 Å². The molecule has 9 aliphatic rings. The summed E-state index contributed by atoms with van der Waals surface area (Å²) in [6.07, 6.45) is 0.567. The number of fused-ring (bicyclic) bond motifs is 7. The quantitative estimate of drug-likeness (QED) is 0.180. The first-order valence-corrected chi connectivity index (χ1v) is 19.5. The Hall–Kier alpha value is -1.45. The molecule has 0 aromatic heterocycles. The number of rotatable bonds is 5. The fourth-order valence-corrected chi connectivity index (χ4v) is 13.1. The van der Waals surface area contributed by atoms with Crippen molar-refractivity contribution in [1.82, 2.24) is 0 Å². The zero-order valence-electron chi connectivity index (χ0n) is 31.7. The third-order valence-corrected chi connectivity index (χ3v) is 16.7. The Morgan fingerprint density at radius 2 is 1.56 bits per heavy atom. The normalized spacial score (nSPS) is 56.4. The number of hydrogen-bond donors (Lipinski definition) is 6. The van der Waals surface area contributed by atoms with Gasteiger partial charge in [0.25, 0.3) is 0 Å². The zero-order chi connectivity index (χ0) is 37.6. The van der Waals surface area contributed by atoms with Crippen molar-refractivity contribution in [2.75, 3.05) is 13.2 Å². The molecular weight excluding hydrogens is 672 g/mol. The van der Waals surface area contributed by atoms with Crippen LogP contribution in [-0.2, 0) is 28.5 Å². The maximum absolute atomic E-state index is 13.6. The predicted molar refractivity (Wildman–Crippen MR) is 185 cm³/mol. The minimum absolute atomic E-state index is 0.0868. The summed E-state index contributed by atoms with van der Waals surface area (Å²) in [6, 6.07) is 0. The molecule has 7 fully saturated rings. The number of aliphatic hydroxyl groups excluding tert-OH is 5. The largest absolute Gasteiger partial charge is 0.455 e. The average molecular weight is 733 g/mol. The van der Waals surface area contributed by atoms with Crippen molar-refractivity contribution in [1.29, 1.82) is 0 Å². The summed E-state index contributed by atoms with van der Waals surface area (Å²) in [5.41, 5.74) is -1.72. The van der Waals surface area contributed by atoms with Crippen molar-refractivity contribution in [3.8, 4) is 0 Å². The highest BCUT2D eigenvalue weighted by Crippen LogP contribution is 2.75. The molecule has 12 heteroatoms. The van der Waals surface area contributed by atoms with Crippen molar-refractivity contribution >= 4 is 5.97 Å². The van der Waals surface area contributed by atoms with Gasteiger partial charge < -0.3 is 54.3 Å². The molecule has 1 spiro atoms. The standard InChI is InChI=1S/C40H60O12/c1-34(2)23-10-13-37(5)24(9-8-20-30-39(7,47)38(6)15-17-40(30,33(46)52-38)16-14-36(20,37)4)35(23,3)12-11-25(34)50-32-29(26(43)21(42)19-48-32)51-31-28(45)27(44)22(18-41)49-31/h8-9,21-29,31-32,41-45,47H,10-19H2,1-7H3/t21-,22+,23?,24?,25-,26-,27-,28+,29+,31-,32+,35-,36+,37+,38-,39-,40?/m0/s1. The summed E-state index contributed by atoms with van der Waals surface area (Å²) >= 11 is 0. The molecule has 4 aliphatic heterocycles. The van der Waals surface area contributed by atoms with Crippen LogP contribution in [0.15, 0.2) is 23.3 Å². The van der Waals surface area contributed by atoms with E-state index in [4.69, 9.17) is 23.7 Å². The first-order chi connectivity index (χ1) is 24.2. The second kappa shape index (κ2) is 11.8. The number of carbonyl (C=O) groups excluding carboxylic acids is 1. The fraction of sp³-hybridized carbons (Fsp3) is 0.875. The first-order valence-electron chi connectivity index (χ1n) is 19.5. The van der Waals surface area contributed by atoms with E-state index in [9.17, 15) is 35.4 Å². The van der Waals surface area contributed by atoms with E-state index < -0.39 is 72.4 Å². The molecule has 17 atom stereocenters. The van der Waals surface area contributed by atoms with Gasteiger partial charge in [0.2, 0.25) is 0 Å². The zero-order valence-corrected chi connectivity index (χ0v) is 31.7. The van der Waals surface area contributed by atoms with Gasteiger partial charge in [-0.2, -0.15) is 0 Å². The third kappa shape index (κ3) is 4.66. The molecule has 3 saturated carbocycles. The van der Waals surface area contributed by atoms with Gasteiger partial charge in [0.05, 0.1) is 24.7 Å². The van der Waals surface area contributed by atoms with E-state index in [2.05, 4.69) is 46.8 Å². The van der Waals surface area contributed by atoms with Crippen molar-refractivity contribution < 1.29 is 59.1 Å². The van der Waals surface area contributed by atoms with Crippen LogP contribution in [0, 0.1) is 38.9 Å². The Morgan fingerprint density at radius 1 is 0.846 bits per heavy atom. The SMILES string of the molecule is CC1(C)C2CC[C@]3(C)C(C=CC4=C5C6(CC[C@](C)(OC6=O)[C@@]5(C)O)CC[C@]43C)[C@@]2(C)CC[C@@H]1O[C@H]1OC[C@H](O)[C@H](O)[C@H]1O[C@@H]1O[C@H](CO)[C@H](O)[C@H]1O. The molecule has 0 aromatic carbocycles. The average Bonchev–Trinajstić information content (AvgIpc) is 3.35. The lowest BCUT2D eigenvalue weighted by Gasteiger charge is -2.71. The van der Waals surface area contributed by atoms with Gasteiger partial charge >= 0.3 is 5.97 Å². The molecule has 9 rings (SSSR count). The van der Waals surface area contributed by atoms with Crippen LogP contribution in [0.4, 0.5) is 0 Å². The van der Waals surface area contributed by atoms with Gasteiger partial charge in [-0.1, -0.05) is 46.8 Å². The highest BCUT2D eigenvalue weighted by atomic mass is 16.8. The highest BCUT2D eigenvalue weighted by Gasteiger charge is 2.73. The second-order valence-corrected chi connectivity index (χ2v) is 19.3. The van der Waals surface area contributed by atoms with Crippen LogP contribution < -0.4 is 0 Å². The van der Waals surface area contributed by atoms with Crippen LogP contribution in [0.1, 0.15) is 99.8 Å². The fourth-order valence-electron chi connectivity index (χ4n) is 13.1. The van der Waals surface area contributed by atoms with E-state index in [1.54, 1.807) is 0 Å². The van der Waals surface area contributed by atoms with Gasteiger partial charge in [0, 0.05) is 0 Å². The maximum atomic E-state index is 13.6. The molecular formula is C40H60O12. The van der Waals surface area contributed by atoms with E-state index in [0.717, 1.165) is 36.8 Å². The van der Waals surface area contributed by atoms with Gasteiger partial charge in [-0.05, 0) is 110 Å². The van der Waals surface area contributed by atoms with E-state index in [1.807, 2.05) is 13.8 Å². The maximum Gasteiger partial charge on any atom is 0.317 e. The molecule has 4 saturated heterocycles. The summed E-state index contributed by atoms with van der Waals surface area (Å²) in [7, 11) is 0. The van der Waals surface area contributed by atoms with E-state index in [0.29, 0.717) is 25.7 Å². The number of hydrogen-bond acceptors (Lipinski definition) is 12. The Kier molecular flexibility index (Phi) is 8.49. The summed E-state index contributed by atoms with van der Waals surface area (Å²) in [5.74, 6) is 0.321. The number of allylic oxidation sites excluding steroid dienone is 3. The molecule has 3 unspecified atom stereocenters. The van der Waals surface area contributed by atoms with E-state index in [1.165, 1.54) is 0 Å². The molecule has 12 nitrogen and oxygen atoms in total. The van der Waals surface area contributed by atoms with Gasteiger partial charge in [0.15, 0.2) is 12.6 Å². The monoisotopic (exact) mass is 732 g/mol. The molecule has 52 heavy (non-hydrogen) atoms. The van der Waals surface area contributed by atoms with E-state index in [-0.39, 0.29) is 52.2 Å². The Morgan fingerprint density at radius 3 is 2.23 bits per heavy atom. The van der Waals surface area contributed by atoms with Gasteiger partial charge in [-0.15, -0.1) is 0 Å². The Labute approximate surface area is 306 Å². The third-order valence-electron chi connectivity index (χ3n) is 16.7. The molecule has 2 bridgehead atoms. The lowest BCUT2D eigenvalue weighted by molar-refractivity contribution is -0.338. The van der Waals surface area contributed by atoms with Crippen LogP contribution in [0.5, 0.6) is 0 Å². The number of carbonyl (C=O) groups is 1. The molecule has 0 radical (unpaired) electrons. The van der Waals surface area contributed by atoms with Crippen LogP contribution in [0.2, 0.25) is 0 Å². The smallest absolute Gasteiger partial charge is 0.317 e. The summed E-state index contributed by atoms with van der Waals surface area (Å²) in [4.78, 5) is 13.6. The second-order valence-electron chi connectivity index (χ2n) is 19.3. The summed E-state index contributed by atoms with van der Waals surface area (Å²) < 4.78 is 30.2. The van der Waals surface area contributed by atoms with Crippen molar-refractivity contribution in [3.63, 3.8) is 0 Å². The van der Waals surface area contributed by atoms with Crippen LogP contribution >= 0.6 is 0 Å². The molecule has 0 aromatic rings. The van der Waals surface area contributed by atoms with Crippen LogP contribution in [0.3, 0.4) is 0 Å². The molecule has 5 aliphatic carbocycles. The van der Waals surface area contributed by atoms with Crippen molar-refractivity contribution in [2.24, 2.45) is 38.9 Å². The lowest BCUT2D eigenvalue weighted by atomic mass is 9.35. The first kappa shape index (κ1) is 37.5. The van der Waals surface area contributed by atoms with Gasteiger partial charge in [-0.25, -0.2) is 0 Å². The number of aliphatic hydroxyl groups is 6. The number of ether oxygens (including phenoxy) is 5.